The number of nitrogens with one attached hydrogen (secondary N) is 1. The van der Waals surface area contributed by atoms with E-state index in [0.29, 0.717) is 13.1 Å². The molecule has 0 spiro atoms. The molecule has 0 saturated carbocycles. The van der Waals surface area contributed by atoms with Crippen LogP contribution in [0.25, 0.3) is 10.9 Å². The first-order chi connectivity index (χ1) is 8.64. The summed E-state index contributed by atoms with van der Waals surface area (Å²) in [4.78, 5) is 5.41. The molecule has 1 aromatic carbocycles. The molecule has 0 radical (unpaired) electrons. The normalized spacial score (nSPS) is 20.2. The van der Waals surface area contributed by atoms with Gasteiger partial charge in [0.15, 0.2) is 9.84 Å². The lowest BCUT2D eigenvalue weighted by Gasteiger charge is -2.26. The van der Waals surface area contributed by atoms with Crippen LogP contribution in [0, 0.1) is 0 Å². The Hall–Kier alpha value is -1.33. The van der Waals surface area contributed by atoms with Crippen molar-refractivity contribution in [2.75, 3.05) is 24.6 Å². The van der Waals surface area contributed by atoms with Gasteiger partial charge in [-0.15, -0.1) is 0 Å². The molecule has 4 nitrogen and oxygen atoms in total. The average molecular weight is 264 g/mol. The van der Waals surface area contributed by atoms with Crippen LogP contribution in [0.4, 0.5) is 0 Å². The molecule has 0 unspecified atom stereocenters. The Kier molecular flexibility index (Phi) is 2.87. The van der Waals surface area contributed by atoms with Gasteiger partial charge in [-0.2, -0.15) is 0 Å². The highest BCUT2D eigenvalue weighted by Crippen LogP contribution is 2.19. The van der Waals surface area contributed by atoms with Crippen LogP contribution in [0.2, 0.25) is 0 Å². The number of nitrogens with zero attached hydrogens (tertiary/aromatic N) is 1. The molecule has 1 aromatic heterocycles. The van der Waals surface area contributed by atoms with E-state index in [2.05, 4.69) is 28.1 Å². The Balaban J connectivity index is 1.79. The van der Waals surface area contributed by atoms with Crippen molar-refractivity contribution < 1.29 is 8.42 Å². The predicted molar refractivity (Wildman–Crippen MR) is 72.2 cm³/mol. The standard InChI is InChI=1S/C13H16N2O2S/c16-18(17)8-6-15(7-9-18)10-11-2-1-3-13-12(11)4-5-14-13/h1-5,14H,6-10H2. The highest BCUT2D eigenvalue weighted by atomic mass is 32.2. The van der Waals surface area contributed by atoms with Gasteiger partial charge in [-0.05, 0) is 17.7 Å². The SMILES string of the molecule is O=S1(=O)CCN(Cc2cccc3[nH]ccc23)CC1. The van der Waals surface area contributed by atoms with Crippen molar-refractivity contribution in [2.24, 2.45) is 0 Å². The molecule has 18 heavy (non-hydrogen) atoms. The Morgan fingerprint density at radius 1 is 1.17 bits per heavy atom. The molecule has 0 aliphatic carbocycles. The molecule has 1 aliphatic rings. The highest BCUT2D eigenvalue weighted by molar-refractivity contribution is 7.91. The van der Waals surface area contributed by atoms with E-state index in [-0.39, 0.29) is 11.5 Å². The minimum Gasteiger partial charge on any atom is -0.361 e. The van der Waals surface area contributed by atoms with E-state index in [0.717, 1.165) is 12.1 Å². The van der Waals surface area contributed by atoms with Gasteiger partial charge < -0.3 is 4.98 Å². The largest absolute Gasteiger partial charge is 0.361 e. The van der Waals surface area contributed by atoms with Crippen molar-refractivity contribution >= 4 is 20.7 Å². The second-order valence-electron chi connectivity index (χ2n) is 4.78. The first-order valence-corrected chi connectivity index (χ1v) is 7.94. The molecule has 2 heterocycles. The molecule has 1 fully saturated rings. The first-order valence-electron chi connectivity index (χ1n) is 6.12. The van der Waals surface area contributed by atoms with Gasteiger partial charge >= 0.3 is 0 Å². The molecule has 1 saturated heterocycles. The fraction of sp³-hybridized carbons (Fsp3) is 0.385. The topological polar surface area (TPSA) is 53.2 Å². The van der Waals surface area contributed by atoms with Gasteiger partial charge in [-0.3, -0.25) is 4.90 Å². The van der Waals surface area contributed by atoms with Crippen molar-refractivity contribution in [1.29, 1.82) is 0 Å². The first kappa shape index (κ1) is 11.7. The third-order valence-electron chi connectivity index (χ3n) is 3.52. The van der Waals surface area contributed by atoms with Crippen LogP contribution in [0.1, 0.15) is 5.56 Å². The van der Waals surface area contributed by atoms with Gasteiger partial charge in [0.1, 0.15) is 0 Å². The van der Waals surface area contributed by atoms with E-state index >= 15 is 0 Å². The number of aromatic nitrogens is 1. The van der Waals surface area contributed by atoms with Crippen LogP contribution < -0.4 is 0 Å². The van der Waals surface area contributed by atoms with Gasteiger partial charge in [0.05, 0.1) is 11.5 Å². The average Bonchev–Trinajstić information content (AvgIpc) is 2.81. The van der Waals surface area contributed by atoms with Crippen molar-refractivity contribution in [3.63, 3.8) is 0 Å². The van der Waals surface area contributed by atoms with Gasteiger partial charge in [0.25, 0.3) is 0 Å². The minimum absolute atomic E-state index is 0.288. The van der Waals surface area contributed by atoms with Crippen LogP contribution >= 0.6 is 0 Å². The number of rotatable bonds is 2. The zero-order chi connectivity index (χ0) is 12.6. The molecule has 0 atom stereocenters. The fourth-order valence-electron chi connectivity index (χ4n) is 2.44. The number of aromatic amines is 1. The lowest BCUT2D eigenvalue weighted by Crippen LogP contribution is -2.39. The number of hydrogen-bond donors (Lipinski definition) is 1. The molecule has 3 rings (SSSR count). The summed E-state index contributed by atoms with van der Waals surface area (Å²) in [5, 5.41) is 1.23. The molecule has 0 bridgehead atoms. The summed E-state index contributed by atoms with van der Waals surface area (Å²) in [6.07, 6.45) is 1.94. The van der Waals surface area contributed by atoms with Gasteiger partial charge in [-0.25, -0.2) is 8.42 Å². The second-order valence-corrected chi connectivity index (χ2v) is 7.09. The minimum atomic E-state index is -2.79. The molecule has 1 N–H and O–H groups in total. The maximum atomic E-state index is 11.4. The molecule has 96 valence electrons. The second kappa shape index (κ2) is 4.40. The zero-order valence-corrected chi connectivity index (χ0v) is 10.9. The number of H-pyrrole nitrogens is 1. The maximum absolute atomic E-state index is 11.4. The highest BCUT2D eigenvalue weighted by Gasteiger charge is 2.21. The zero-order valence-electron chi connectivity index (χ0n) is 10.1. The van der Waals surface area contributed by atoms with Crippen molar-refractivity contribution in [2.45, 2.75) is 6.54 Å². The Labute approximate surface area is 107 Å². The molecule has 5 heteroatoms. The smallest absolute Gasteiger partial charge is 0.152 e. The Bertz CT molecular complexity index is 646. The van der Waals surface area contributed by atoms with Crippen LogP contribution in [0.5, 0.6) is 0 Å². The lowest BCUT2D eigenvalue weighted by molar-refractivity contribution is 0.288. The predicted octanol–water partition coefficient (Wildman–Crippen LogP) is 1.40. The van der Waals surface area contributed by atoms with Crippen LogP contribution in [0.15, 0.2) is 30.5 Å². The maximum Gasteiger partial charge on any atom is 0.152 e. The molecule has 1 aliphatic heterocycles. The van der Waals surface area contributed by atoms with Crippen LogP contribution in [-0.4, -0.2) is 42.9 Å². The van der Waals surface area contributed by atoms with Gasteiger partial charge in [-0.1, -0.05) is 12.1 Å². The van der Waals surface area contributed by atoms with E-state index in [4.69, 9.17) is 0 Å². The summed E-state index contributed by atoms with van der Waals surface area (Å²) in [7, 11) is -2.79. The number of sulfone groups is 1. The lowest BCUT2D eigenvalue weighted by atomic mass is 10.1. The van der Waals surface area contributed by atoms with Crippen LogP contribution in [-0.2, 0) is 16.4 Å². The third kappa shape index (κ3) is 2.28. The quantitative estimate of drug-likeness (QED) is 0.892. The van der Waals surface area contributed by atoms with E-state index in [1.807, 2.05) is 12.3 Å². The molecular weight excluding hydrogens is 248 g/mol. The van der Waals surface area contributed by atoms with E-state index in [1.54, 1.807) is 0 Å². The molecule has 2 aromatic rings. The van der Waals surface area contributed by atoms with E-state index in [9.17, 15) is 8.42 Å². The molecule has 0 amide bonds. The summed E-state index contributed by atoms with van der Waals surface area (Å²) in [6.45, 7) is 2.11. The van der Waals surface area contributed by atoms with Crippen molar-refractivity contribution in [1.82, 2.24) is 9.88 Å². The number of hydrogen-bond acceptors (Lipinski definition) is 3. The third-order valence-corrected chi connectivity index (χ3v) is 5.13. The van der Waals surface area contributed by atoms with Crippen LogP contribution in [0.3, 0.4) is 0 Å². The van der Waals surface area contributed by atoms with Crippen molar-refractivity contribution in [3.05, 3.63) is 36.0 Å². The number of benzene rings is 1. The monoisotopic (exact) mass is 264 g/mol. The fourth-order valence-corrected chi connectivity index (χ4v) is 3.71. The number of fused-ring (bicyclic) bond motifs is 1. The van der Waals surface area contributed by atoms with E-state index in [1.165, 1.54) is 10.9 Å². The van der Waals surface area contributed by atoms with Crippen molar-refractivity contribution in [3.8, 4) is 0 Å². The summed E-state index contributed by atoms with van der Waals surface area (Å²) in [6, 6.07) is 8.28. The molecular formula is C13H16N2O2S. The Morgan fingerprint density at radius 3 is 2.72 bits per heavy atom. The summed E-state index contributed by atoms with van der Waals surface area (Å²) < 4.78 is 22.8. The summed E-state index contributed by atoms with van der Waals surface area (Å²) in [5.74, 6) is 0.576. The van der Waals surface area contributed by atoms with E-state index < -0.39 is 9.84 Å². The van der Waals surface area contributed by atoms with Gasteiger partial charge in [0.2, 0.25) is 0 Å². The summed E-state index contributed by atoms with van der Waals surface area (Å²) in [5.41, 5.74) is 2.39. The van der Waals surface area contributed by atoms with Gasteiger partial charge in [0, 0.05) is 36.7 Å². The Morgan fingerprint density at radius 2 is 1.94 bits per heavy atom. The summed E-state index contributed by atoms with van der Waals surface area (Å²) >= 11 is 0.